The number of ether oxygens (including phenoxy) is 2. The standard InChI is InChI=1S/C29H42BrO7P/c1-3-4-5-6-7-8-9-10-11-12-13-14-21-35-26-19-16-20-27(28(26)29(31)34-2)37-38(32,33)36-25-18-15-17-24(22-25)23-30/h15-20,22H,3-14,21,23H2,1-2H3,(H,32,33). The van der Waals surface area contributed by atoms with Crippen LogP contribution in [-0.2, 0) is 14.6 Å². The SMILES string of the molecule is CCCCCCCCCCCCCCOc1cccc(OP(=O)(O)Oc2cccc(CBr)c2)c1C(=O)OC. The van der Waals surface area contributed by atoms with Gasteiger partial charge in [0.05, 0.1) is 13.7 Å². The van der Waals surface area contributed by atoms with Crippen LogP contribution in [0, 0.1) is 0 Å². The fourth-order valence-electron chi connectivity index (χ4n) is 4.10. The second kappa shape index (κ2) is 18.3. The smallest absolute Gasteiger partial charge is 0.493 e. The monoisotopic (exact) mass is 612 g/mol. The second-order valence-electron chi connectivity index (χ2n) is 9.29. The zero-order valence-corrected chi connectivity index (χ0v) is 25.1. The van der Waals surface area contributed by atoms with Gasteiger partial charge in [0, 0.05) is 5.33 Å². The molecule has 7 nitrogen and oxygen atoms in total. The highest BCUT2D eigenvalue weighted by Crippen LogP contribution is 2.46. The molecule has 0 saturated carbocycles. The maximum Gasteiger partial charge on any atom is 0.584 e. The molecule has 0 aromatic heterocycles. The zero-order valence-electron chi connectivity index (χ0n) is 22.7. The molecule has 1 N–H and O–H groups in total. The van der Waals surface area contributed by atoms with Gasteiger partial charge in [-0.2, -0.15) is 0 Å². The number of rotatable bonds is 20. The summed E-state index contributed by atoms with van der Waals surface area (Å²) < 4.78 is 34.0. The number of methoxy groups -OCH3 is 1. The molecule has 0 bridgehead atoms. The highest BCUT2D eigenvalue weighted by atomic mass is 79.9. The van der Waals surface area contributed by atoms with E-state index in [9.17, 15) is 14.3 Å². The molecule has 0 saturated heterocycles. The predicted octanol–water partition coefficient (Wildman–Crippen LogP) is 9.01. The first-order chi connectivity index (χ1) is 18.4. The second-order valence-corrected chi connectivity index (χ2v) is 11.2. The molecule has 0 amide bonds. The minimum Gasteiger partial charge on any atom is -0.493 e. The van der Waals surface area contributed by atoms with Crippen LogP contribution in [0.1, 0.15) is 99.9 Å². The van der Waals surface area contributed by atoms with Crippen molar-refractivity contribution >= 4 is 29.7 Å². The summed E-state index contributed by atoms with van der Waals surface area (Å²) in [4.78, 5) is 22.9. The molecule has 38 heavy (non-hydrogen) atoms. The lowest BCUT2D eigenvalue weighted by molar-refractivity contribution is 0.0593. The lowest BCUT2D eigenvalue weighted by Crippen LogP contribution is -2.10. The van der Waals surface area contributed by atoms with E-state index < -0.39 is 13.8 Å². The highest BCUT2D eigenvalue weighted by Gasteiger charge is 2.30. The summed E-state index contributed by atoms with van der Waals surface area (Å²) in [5.41, 5.74) is 0.812. The van der Waals surface area contributed by atoms with Crippen LogP contribution >= 0.6 is 23.8 Å². The van der Waals surface area contributed by atoms with E-state index in [1.54, 1.807) is 30.3 Å². The number of hydrogen-bond donors (Lipinski definition) is 1. The molecule has 0 radical (unpaired) electrons. The summed E-state index contributed by atoms with van der Waals surface area (Å²) in [6.45, 7) is 2.66. The molecule has 0 heterocycles. The van der Waals surface area contributed by atoms with Crippen LogP contribution in [0.25, 0.3) is 0 Å². The van der Waals surface area contributed by atoms with Crippen molar-refractivity contribution in [3.05, 3.63) is 53.6 Å². The maximum absolute atomic E-state index is 12.7. The largest absolute Gasteiger partial charge is 0.584 e. The van der Waals surface area contributed by atoms with E-state index in [2.05, 4.69) is 22.9 Å². The van der Waals surface area contributed by atoms with Crippen molar-refractivity contribution in [2.45, 2.75) is 89.3 Å². The number of phosphoric acid groups is 1. The first kappa shape index (κ1) is 32.2. The van der Waals surface area contributed by atoms with Crippen molar-refractivity contribution in [3.8, 4) is 17.2 Å². The molecule has 0 fully saturated rings. The molecule has 0 aliphatic rings. The molecule has 1 atom stereocenters. The summed E-state index contributed by atoms with van der Waals surface area (Å²) >= 11 is 3.34. The van der Waals surface area contributed by atoms with Crippen molar-refractivity contribution < 1.29 is 32.8 Å². The molecule has 212 valence electrons. The van der Waals surface area contributed by atoms with E-state index in [4.69, 9.17) is 18.5 Å². The molecular weight excluding hydrogens is 571 g/mol. The Hall–Kier alpha value is -2.02. The first-order valence-electron chi connectivity index (χ1n) is 13.6. The summed E-state index contributed by atoms with van der Waals surface area (Å²) in [6.07, 6.45) is 14.9. The summed E-state index contributed by atoms with van der Waals surface area (Å²) in [7, 11) is -3.37. The first-order valence-corrected chi connectivity index (χ1v) is 16.2. The van der Waals surface area contributed by atoms with E-state index in [0.29, 0.717) is 11.9 Å². The Morgan fingerprint density at radius 1 is 0.842 bits per heavy atom. The Balaban J connectivity index is 1.84. The third kappa shape index (κ3) is 12.2. The van der Waals surface area contributed by atoms with Gasteiger partial charge in [-0.05, 0) is 36.2 Å². The summed E-state index contributed by atoms with van der Waals surface area (Å²) in [6, 6.07) is 11.3. The van der Waals surface area contributed by atoms with Gasteiger partial charge in [-0.25, -0.2) is 9.36 Å². The van der Waals surface area contributed by atoms with Gasteiger partial charge in [0.1, 0.15) is 17.1 Å². The quantitative estimate of drug-likeness (QED) is 0.0690. The molecule has 1 unspecified atom stereocenters. The summed E-state index contributed by atoms with van der Waals surface area (Å²) in [5, 5.41) is 0.561. The molecule has 0 aliphatic carbocycles. The number of benzene rings is 2. The lowest BCUT2D eigenvalue weighted by Gasteiger charge is -2.18. The predicted molar refractivity (Wildman–Crippen MR) is 155 cm³/mol. The third-order valence-electron chi connectivity index (χ3n) is 6.12. The van der Waals surface area contributed by atoms with Crippen LogP contribution in [-0.4, -0.2) is 24.6 Å². The van der Waals surface area contributed by atoms with Crippen molar-refractivity contribution in [2.75, 3.05) is 13.7 Å². The minimum atomic E-state index is -4.60. The van der Waals surface area contributed by atoms with Crippen LogP contribution in [0.15, 0.2) is 42.5 Å². The molecule has 2 aromatic rings. The minimum absolute atomic E-state index is 0.0546. The Morgan fingerprint density at radius 3 is 2.03 bits per heavy atom. The van der Waals surface area contributed by atoms with Crippen LogP contribution in [0.4, 0.5) is 0 Å². The number of carbonyl (C=O) groups is 1. The van der Waals surface area contributed by atoms with Crippen LogP contribution in [0.5, 0.6) is 17.2 Å². The van der Waals surface area contributed by atoms with Gasteiger partial charge in [-0.1, -0.05) is 112 Å². The fraction of sp³-hybridized carbons (Fsp3) is 0.552. The molecule has 2 aromatic carbocycles. The zero-order chi connectivity index (χ0) is 27.6. The lowest BCUT2D eigenvalue weighted by atomic mass is 10.1. The number of alkyl halides is 1. The average Bonchev–Trinajstić information content (AvgIpc) is 2.90. The van der Waals surface area contributed by atoms with E-state index >= 15 is 0 Å². The Morgan fingerprint density at radius 2 is 1.42 bits per heavy atom. The number of hydrogen-bond acceptors (Lipinski definition) is 6. The molecule has 0 aliphatic heterocycles. The Kier molecular flexibility index (Phi) is 15.5. The van der Waals surface area contributed by atoms with E-state index in [-0.39, 0.29) is 22.8 Å². The number of phosphoric ester groups is 1. The Bertz CT molecular complexity index is 1010. The van der Waals surface area contributed by atoms with Gasteiger partial charge in [-0.15, -0.1) is 0 Å². The van der Waals surface area contributed by atoms with Crippen molar-refractivity contribution in [1.29, 1.82) is 0 Å². The maximum atomic E-state index is 12.7. The van der Waals surface area contributed by atoms with E-state index in [0.717, 1.165) is 24.8 Å². The van der Waals surface area contributed by atoms with Gasteiger partial charge >= 0.3 is 13.8 Å². The summed E-state index contributed by atoms with van der Waals surface area (Å²) in [5.74, 6) is -0.469. The number of unbranched alkanes of at least 4 members (excludes halogenated alkanes) is 11. The topological polar surface area (TPSA) is 91.3 Å². The number of esters is 1. The van der Waals surface area contributed by atoms with Gasteiger partial charge in [0.15, 0.2) is 5.75 Å². The van der Waals surface area contributed by atoms with Crippen molar-refractivity contribution in [2.24, 2.45) is 0 Å². The van der Waals surface area contributed by atoms with Crippen LogP contribution < -0.4 is 13.8 Å². The normalized spacial score (nSPS) is 12.5. The fourth-order valence-corrected chi connectivity index (χ4v) is 5.26. The van der Waals surface area contributed by atoms with Crippen LogP contribution in [0.3, 0.4) is 0 Å². The van der Waals surface area contributed by atoms with Gasteiger partial charge in [-0.3, -0.25) is 4.89 Å². The molecule has 0 spiro atoms. The van der Waals surface area contributed by atoms with Crippen molar-refractivity contribution in [3.63, 3.8) is 0 Å². The van der Waals surface area contributed by atoms with Crippen molar-refractivity contribution in [1.82, 2.24) is 0 Å². The highest BCUT2D eigenvalue weighted by molar-refractivity contribution is 9.08. The Labute approximate surface area is 236 Å². The van der Waals surface area contributed by atoms with Crippen LogP contribution in [0.2, 0.25) is 0 Å². The van der Waals surface area contributed by atoms with E-state index in [1.807, 2.05) is 6.07 Å². The van der Waals surface area contributed by atoms with Gasteiger partial charge < -0.3 is 18.5 Å². The number of carbonyl (C=O) groups excluding carboxylic acids is 1. The van der Waals surface area contributed by atoms with Gasteiger partial charge in [0.25, 0.3) is 0 Å². The number of halogens is 1. The average molecular weight is 614 g/mol. The third-order valence-corrected chi connectivity index (χ3v) is 7.64. The molecule has 9 heteroatoms. The van der Waals surface area contributed by atoms with E-state index in [1.165, 1.54) is 71.0 Å². The molecule has 2 rings (SSSR count). The van der Waals surface area contributed by atoms with Gasteiger partial charge in [0.2, 0.25) is 0 Å². The molecular formula is C29H42BrO7P.